The van der Waals surface area contributed by atoms with E-state index in [1.54, 1.807) is 0 Å². The van der Waals surface area contributed by atoms with Crippen molar-refractivity contribution in [2.24, 2.45) is 39.4 Å². The fourth-order valence-electron chi connectivity index (χ4n) is 25.2. The van der Waals surface area contributed by atoms with Crippen LogP contribution in [0.3, 0.4) is 0 Å². The van der Waals surface area contributed by atoms with Gasteiger partial charge in [-0.15, -0.1) is 0 Å². The quantitative estimate of drug-likeness (QED) is 0.280. The van der Waals surface area contributed by atoms with E-state index in [1.165, 1.54) is 351 Å². The normalized spacial score (nSPS) is 35.8. The van der Waals surface area contributed by atoms with Gasteiger partial charge in [0.2, 0.25) is 0 Å². The Labute approximate surface area is 702 Å². The van der Waals surface area contributed by atoms with Gasteiger partial charge < -0.3 is 97.7 Å². The summed E-state index contributed by atoms with van der Waals surface area (Å²) in [5.74, 6) is 2.93. The van der Waals surface area contributed by atoms with E-state index in [-0.39, 0.29) is 11.2 Å². The van der Waals surface area contributed by atoms with Gasteiger partial charge in [0.15, 0.2) is 0 Å². The number of likely N-dealkylation sites (N-methyl/N-ethyl adjacent to an activating group) is 8. The van der Waals surface area contributed by atoms with Gasteiger partial charge in [0.25, 0.3) is 0 Å². The zero-order chi connectivity index (χ0) is 81.3. The van der Waals surface area contributed by atoms with E-state index in [0.717, 1.165) is 93.8 Å². The third-order valence-corrected chi connectivity index (χ3v) is 32.1. The third-order valence-electron chi connectivity index (χ3n) is 32.1. The number of nitrogens with zero attached hydrogens (tertiary/aromatic N) is 20. The van der Waals surface area contributed by atoms with Crippen molar-refractivity contribution in [3.05, 3.63) is 0 Å². The number of piperidine rings is 7. The Hall–Kier alpha value is -0.880. The maximum Gasteiger partial charge on any atom is 0.0935 e. The highest BCUT2D eigenvalue weighted by atomic mass is 16.5. The highest BCUT2D eigenvalue weighted by Gasteiger charge is 2.46. The van der Waals surface area contributed by atoms with Crippen molar-refractivity contribution >= 4 is 0 Å². The lowest BCUT2D eigenvalue weighted by Gasteiger charge is -2.52. The number of ether oxygens (including phenoxy) is 2. The van der Waals surface area contributed by atoms with Crippen LogP contribution in [0.15, 0.2) is 0 Å². The van der Waals surface area contributed by atoms with E-state index < -0.39 is 0 Å². The number of morpholine rings is 2. The Morgan fingerprint density at radius 2 is 0.518 bits per heavy atom. The van der Waals surface area contributed by atoms with Gasteiger partial charge in [-0.1, -0.05) is 6.42 Å². The lowest BCUT2D eigenvalue weighted by Crippen LogP contribution is -2.58. The minimum atomic E-state index is 0.153. The standard InChI is InChI=1S/2C10H20N2O.2C10H20N2.4C9H18N2.2C8H16N2/c2*1-11-5-3-4-10(8-11)9-12(2)6-7-13-10;2*1-11-6-3-10(4-7-11)5-8-12(2)9-10;1-10-5-3-9(7-10)4-6-11(2)8-9;1-10-5-3-9(4-6-10)7-11(2)8-9;1-10-6-8-4-3-5-11(2)9(8)7-10;1-10-6-7-11-5-3-2-4-9(11)8-10;1-9-3-7-5-10(2)6-8(7)4-9;1-9-5-6-10-4-2-3-8(10)7-9/h2*3-9H2,1-2H3;2*3-9H2,1-2H3;2*3-8H2,1-2H3;8-9H,3-7H2,1-2H3;9H,2-8H2,1H3;7-8H,3-6H2,1-2H3;8H,2-7H2,1H3. The van der Waals surface area contributed by atoms with Gasteiger partial charge in [0.05, 0.1) is 24.4 Å². The highest BCUT2D eigenvalue weighted by molar-refractivity contribution is 5.01. The Kier molecular flexibility index (Phi) is 36.3. The molecule has 6 unspecified atom stereocenters. The number of likely N-dealkylation sites (tertiary alicyclic amines) is 14. The summed E-state index contributed by atoms with van der Waals surface area (Å²) in [5.41, 5.74) is 3.15. The summed E-state index contributed by atoms with van der Waals surface area (Å²) >= 11 is 0. The predicted octanol–water partition coefficient (Wildman–Crippen LogP) is 6.12. The van der Waals surface area contributed by atoms with Gasteiger partial charge in [-0.25, -0.2) is 0 Å². The zero-order valence-electron chi connectivity index (χ0n) is 78.1. The van der Waals surface area contributed by atoms with E-state index in [9.17, 15) is 0 Å². The van der Waals surface area contributed by atoms with Gasteiger partial charge in [0.1, 0.15) is 0 Å². The van der Waals surface area contributed by atoms with Gasteiger partial charge >= 0.3 is 0 Å². The van der Waals surface area contributed by atoms with Crippen molar-refractivity contribution in [3.8, 4) is 0 Å². The molecular formula is C92H184N20O2. The van der Waals surface area contributed by atoms with Crippen LogP contribution in [0.2, 0.25) is 0 Å². The molecule has 22 nitrogen and oxygen atoms in total. The molecule has 20 aliphatic rings. The smallest absolute Gasteiger partial charge is 0.0935 e. The molecule has 6 spiro atoms. The number of hydrogen-bond donors (Lipinski definition) is 0. The van der Waals surface area contributed by atoms with Crippen LogP contribution in [0.4, 0.5) is 0 Å². The minimum absolute atomic E-state index is 0.153. The second-order valence-corrected chi connectivity index (χ2v) is 43.4. The molecule has 20 heterocycles. The second kappa shape index (κ2) is 44.1. The number of fused-ring (bicyclic) bond motifs is 4. The van der Waals surface area contributed by atoms with Crippen molar-refractivity contribution in [2.45, 2.75) is 164 Å². The SMILES string of the molecule is CN1CC2CCCN(C)C2C1.CN1CC2CN(C)CC2C1.CN1CCC2(CC1)CCN(C)C2.CN1CCC2(CC1)CCN(C)C2.CN1CCC2(CC1)CN(C)C2.CN1CCC2(CCN(C)C2)C1.CN1CCCC2(C1)CN(C)CCO2.CN1CCCC2(C1)CN(C)CCO2.CN1CCN2CCCC2C1.CN1CCN2CCCCC2C1. The van der Waals surface area contributed by atoms with Crippen LogP contribution in [0.1, 0.15) is 135 Å². The number of piperazine rings is 2. The van der Waals surface area contributed by atoms with Crippen LogP contribution in [0, 0.1) is 39.4 Å². The van der Waals surface area contributed by atoms with Crippen LogP contribution in [-0.4, -0.2) is 523 Å². The average molecular weight is 1600 g/mol. The van der Waals surface area contributed by atoms with E-state index in [1.807, 2.05) is 0 Å². The molecule has 20 aliphatic heterocycles. The second-order valence-electron chi connectivity index (χ2n) is 43.4. The van der Waals surface area contributed by atoms with E-state index in [2.05, 4.69) is 225 Å². The molecule has 0 amide bonds. The van der Waals surface area contributed by atoms with Crippen LogP contribution in [-0.2, 0) is 9.47 Å². The molecule has 0 saturated carbocycles. The molecule has 0 aromatic rings. The van der Waals surface area contributed by atoms with Crippen LogP contribution in [0.25, 0.3) is 0 Å². The molecule has 0 N–H and O–H groups in total. The Morgan fingerprint density at radius 3 is 0.886 bits per heavy atom. The molecule has 0 aromatic heterocycles. The predicted molar refractivity (Wildman–Crippen MR) is 479 cm³/mol. The largest absolute Gasteiger partial charge is 0.371 e. The van der Waals surface area contributed by atoms with Gasteiger partial charge in [-0.2, -0.15) is 0 Å². The Morgan fingerprint density at radius 1 is 0.202 bits per heavy atom. The van der Waals surface area contributed by atoms with Gasteiger partial charge in [0, 0.05) is 175 Å². The molecule has 6 atom stereocenters. The summed E-state index contributed by atoms with van der Waals surface area (Å²) in [6.07, 6.45) is 29.4. The average Bonchev–Trinajstić information content (AvgIpc) is 1.22. The van der Waals surface area contributed by atoms with Crippen molar-refractivity contribution < 1.29 is 9.47 Å². The first-order valence-corrected chi connectivity index (χ1v) is 47.6. The van der Waals surface area contributed by atoms with E-state index >= 15 is 0 Å². The molecule has 664 valence electrons. The fourth-order valence-corrected chi connectivity index (χ4v) is 25.2. The first kappa shape index (κ1) is 93.8. The molecule has 20 fully saturated rings. The van der Waals surface area contributed by atoms with Crippen LogP contribution < -0.4 is 0 Å². The lowest BCUT2D eigenvalue weighted by atomic mass is 9.72. The summed E-state index contributed by atoms with van der Waals surface area (Å²) in [5, 5.41) is 0. The molecule has 114 heavy (non-hydrogen) atoms. The topological polar surface area (TPSA) is 83.3 Å². The van der Waals surface area contributed by atoms with Crippen molar-refractivity contribution in [1.29, 1.82) is 0 Å². The Balaban J connectivity index is 0.000000125. The fraction of sp³-hybridized carbons (Fsp3) is 1.00. The highest BCUT2D eigenvalue weighted by Crippen LogP contribution is 2.43. The van der Waals surface area contributed by atoms with E-state index in [0.29, 0.717) is 16.2 Å². The summed E-state index contributed by atoms with van der Waals surface area (Å²) in [4.78, 5) is 49.5. The van der Waals surface area contributed by atoms with Crippen molar-refractivity contribution in [1.82, 2.24) is 98.0 Å². The molecule has 0 bridgehead atoms. The maximum absolute atomic E-state index is 5.96. The maximum atomic E-state index is 5.96. The van der Waals surface area contributed by atoms with Crippen LogP contribution >= 0.6 is 0 Å². The van der Waals surface area contributed by atoms with Crippen molar-refractivity contribution in [3.63, 3.8) is 0 Å². The Bertz CT molecular complexity index is 2540. The molecule has 20 saturated heterocycles. The zero-order valence-corrected chi connectivity index (χ0v) is 78.1. The lowest BCUT2D eigenvalue weighted by molar-refractivity contribution is -0.132. The summed E-state index contributed by atoms with van der Waals surface area (Å²) in [6.45, 7) is 51.8. The van der Waals surface area contributed by atoms with Gasteiger partial charge in [-0.3, -0.25) is 9.80 Å². The number of rotatable bonds is 0. The molecule has 0 aromatic carbocycles. The van der Waals surface area contributed by atoms with Crippen molar-refractivity contribution in [2.75, 3.05) is 395 Å². The molecule has 0 radical (unpaired) electrons. The number of hydrogen-bond acceptors (Lipinski definition) is 22. The molecule has 0 aliphatic carbocycles. The van der Waals surface area contributed by atoms with Crippen LogP contribution in [0.5, 0.6) is 0 Å². The summed E-state index contributed by atoms with van der Waals surface area (Å²) in [7, 11) is 40.2. The van der Waals surface area contributed by atoms with Gasteiger partial charge in [-0.05, 0) is 393 Å². The monoisotopic (exact) mass is 1600 g/mol. The summed E-state index contributed by atoms with van der Waals surface area (Å²) in [6, 6.07) is 2.66. The van der Waals surface area contributed by atoms with E-state index in [4.69, 9.17) is 9.47 Å². The first-order chi connectivity index (χ1) is 54.5. The minimum Gasteiger partial charge on any atom is -0.371 e. The summed E-state index contributed by atoms with van der Waals surface area (Å²) < 4.78 is 11.9. The molecule has 20 rings (SSSR count). The molecule has 22 heteroatoms. The first-order valence-electron chi connectivity index (χ1n) is 47.6. The third kappa shape index (κ3) is 28.3. The molecular weight excluding hydrogens is 1420 g/mol.